The van der Waals surface area contributed by atoms with Gasteiger partial charge in [0.05, 0.1) is 20.3 Å². The molecule has 0 bridgehead atoms. The zero-order chi connectivity index (χ0) is 29.1. The number of amides is 1. The monoisotopic (exact) mass is 568 g/mol. The third-order valence-electron chi connectivity index (χ3n) is 9.46. The number of carbonyl (C=O) groups excluding carboxylic acids is 1. The minimum atomic E-state index is -0.0495. The number of fused-ring (bicyclic) bond motifs is 2. The molecular formula is C35H44N4O3. The summed E-state index contributed by atoms with van der Waals surface area (Å²) in [6, 6.07) is 21.2. The van der Waals surface area contributed by atoms with Crippen LogP contribution in [0.3, 0.4) is 0 Å². The number of rotatable bonds is 10. The first-order valence-corrected chi connectivity index (χ1v) is 15.5. The summed E-state index contributed by atoms with van der Waals surface area (Å²) in [5.41, 5.74) is 7.25. The molecular weight excluding hydrogens is 524 g/mol. The SMILES string of the molecule is CCN1CCN(c2cccc3c2CN(C(CCCN2CCc4ccccc4C2)c2ccc(OC)c(OC)c2)C3=O)CC1. The number of nitrogens with zero attached hydrogens (tertiary/aromatic N) is 4. The van der Waals surface area contributed by atoms with E-state index in [0.717, 1.165) is 82.7 Å². The Labute approximate surface area is 250 Å². The number of ether oxygens (including phenoxy) is 2. The maximum absolute atomic E-state index is 14.1. The number of hydrogen-bond donors (Lipinski definition) is 0. The lowest BCUT2D eigenvalue weighted by Gasteiger charge is -2.36. The molecule has 1 unspecified atom stereocenters. The van der Waals surface area contributed by atoms with E-state index >= 15 is 0 Å². The topological polar surface area (TPSA) is 48.5 Å². The van der Waals surface area contributed by atoms with Gasteiger partial charge in [0.15, 0.2) is 11.5 Å². The molecule has 0 saturated carbocycles. The largest absolute Gasteiger partial charge is 0.493 e. The number of hydrogen-bond acceptors (Lipinski definition) is 6. The lowest BCUT2D eigenvalue weighted by molar-refractivity contribution is 0.0684. The van der Waals surface area contributed by atoms with Crippen LogP contribution in [0.5, 0.6) is 11.5 Å². The lowest BCUT2D eigenvalue weighted by atomic mass is 9.97. The fourth-order valence-corrected chi connectivity index (χ4v) is 7.01. The fraction of sp³-hybridized carbons (Fsp3) is 0.457. The number of anilines is 1. The minimum Gasteiger partial charge on any atom is -0.493 e. The molecule has 1 atom stereocenters. The number of carbonyl (C=O) groups is 1. The maximum atomic E-state index is 14.1. The Bertz CT molecular complexity index is 1400. The zero-order valence-corrected chi connectivity index (χ0v) is 25.3. The van der Waals surface area contributed by atoms with Gasteiger partial charge in [0.2, 0.25) is 0 Å². The van der Waals surface area contributed by atoms with Gasteiger partial charge in [0.1, 0.15) is 0 Å². The van der Waals surface area contributed by atoms with E-state index in [1.807, 2.05) is 12.1 Å². The second kappa shape index (κ2) is 12.8. The Hall–Kier alpha value is -3.55. The molecule has 3 aliphatic rings. The van der Waals surface area contributed by atoms with E-state index in [-0.39, 0.29) is 11.9 Å². The van der Waals surface area contributed by atoms with Crippen LogP contribution in [-0.2, 0) is 19.5 Å². The maximum Gasteiger partial charge on any atom is 0.255 e. The van der Waals surface area contributed by atoms with Crippen molar-refractivity contribution in [2.75, 3.05) is 64.9 Å². The van der Waals surface area contributed by atoms with Crippen molar-refractivity contribution in [1.82, 2.24) is 14.7 Å². The van der Waals surface area contributed by atoms with Crippen molar-refractivity contribution in [3.8, 4) is 11.5 Å². The Morgan fingerprint density at radius 1 is 0.810 bits per heavy atom. The Morgan fingerprint density at radius 3 is 2.36 bits per heavy atom. The molecule has 0 aromatic heterocycles. The number of methoxy groups -OCH3 is 2. The Kier molecular flexibility index (Phi) is 8.68. The normalized spacial score (nSPS) is 18.1. The molecule has 7 heteroatoms. The summed E-state index contributed by atoms with van der Waals surface area (Å²) in [6.07, 6.45) is 3.00. The van der Waals surface area contributed by atoms with Gasteiger partial charge in [-0.2, -0.15) is 0 Å². The summed E-state index contributed by atoms with van der Waals surface area (Å²) in [4.78, 5) is 23.7. The van der Waals surface area contributed by atoms with Gasteiger partial charge in [-0.15, -0.1) is 0 Å². The van der Waals surface area contributed by atoms with Crippen LogP contribution in [0.25, 0.3) is 0 Å². The molecule has 42 heavy (non-hydrogen) atoms. The first-order valence-electron chi connectivity index (χ1n) is 15.5. The lowest BCUT2D eigenvalue weighted by Crippen LogP contribution is -2.46. The second-order valence-electron chi connectivity index (χ2n) is 11.7. The van der Waals surface area contributed by atoms with E-state index in [2.05, 4.69) is 75.1 Å². The molecule has 0 spiro atoms. The molecule has 0 aliphatic carbocycles. The van der Waals surface area contributed by atoms with Crippen molar-refractivity contribution in [3.05, 3.63) is 88.5 Å². The first-order chi connectivity index (χ1) is 20.6. The number of piperazine rings is 1. The van der Waals surface area contributed by atoms with Crippen LogP contribution in [0.4, 0.5) is 5.69 Å². The van der Waals surface area contributed by atoms with E-state index in [0.29, 0.717) is 18.0 Å². The summed E-state index contributed by atoms with van der Waals surface area (Å²) in [6.45, 7) is 11.2. The Morgan fingerprint density at radius 2 is 1.60 bits per heavy atom. The van der Waals surface area contributed by atoms with Crippen LogP contribution < -0.4 is 14.4 Å². The van der Waals surface area contributed by atoms with Crippen molar-refractivity contribution in [1.29, 1.82) is 0 Å². The van der Waals surface area contributed by atoms with Gasteiger partial charge in [-0.25, -0.2) is 0 Å². The minimum absolute atomic E-state index is 0.0495. The standard InChI is InChI=1S/C35H44N4O3/c1-4-36-19-21-38(22-20-36)32-12-7-11-29-30(32)25-39(35(29)40)31(27-14-15-33(41-2)34(23-27)42-3)13-8-17-37-18-16-26-9-5-6-10-28(26)24-37/h5-7,9-12,14-15,23,31H,4,8,13,16-22,24-25H2,1-3H3. The van der Waals surface area contributed by atoms with E-state index in [4.69, 9.17) is 9.47 Å². The van der Waals surface area contributed by atoms with Crippen LogP contribution in [0.2, 0.25) is 0 Å². The van der Waals surface area contributed by atoms with E-state index < -0.39 is 0 Å². The second-order valence-corrected chi connectivity index (χ2v) is 11.7. The molecule has 6 rings (SSSR count). The summed E-state index contributed by atoms with van der Waals surface area (Å²) in [7, 11) is 3.33. The smallest absolute Gasteiger partial charge is 0.255 e. The van der Waals surface area contributed by atoms with E-state index in [1.54, 1.807) is 14.2 Å². The van der Waals surface area contributed by atoms with Crippen LogP contribution in [0.15, 0.2) is 60.7 Å². The zero-order valence-electron chi connectivity index (χ0n) is 25.3. The number of likely N-dealkylation sites (N-methyl/N-ethyl adjacent to an activating group) is 1. The Balaban J connectivity index is 1.23. The molecule has 0 radical (unpaired) electrons. The third kappa shape index (κ3) is 5.72. The molecule has 7 nitrogen and oxygen atoms in total. The van der Waals surface area contributed by atoms with E-state index in [9.17, 15) is 4.79 Å². The number of benzene rings is 3. The molecule has 3 heterocycles. The average molecular weight is 569 g/mol. The molecule has 0 N–H and O–H groups in total. The van der Waals surface area contributed by atoms with Gasteiger partial charge < -0.3 is 24.2 Å². The molecule has 1 saturated heterocycles. The van der Waals surface area contributed by atoms with Crippen LogP contribution in [-0.4, -0.2) is 80.6 Å². The molecule has 1 amide bonds. The highest BCUT2D eigenvalue weighted by Crippen LogP contribution is 2.40. The fourth-order valence-electron chi connectivity index (χ4n) is 7.01. The predicted molar refractivity (Wildman–Crippen MR) is 168 cm³/mol. The van der Waals surface area contributed by atoms with Gasteiger partial charge >= 0.3 is 0 Å². The van der Waals surface area contributed by atoms with E-state index in [1.165, 1.54) is 22.4 Å². The van der Waals surface area contributed by atoms with Gasteiger partial charge in [-0.3, -0.25) is 9.69 Å². The quantitative estimate of drug-likeness (QED) is 0.327. The van der Waals surface area contributed by atoms with Crippen molar-refractivity contribution in [3.63, 3.8) is 0 Å². The molecule has 1 fully saturated rings. The van der Waals surface area contributed by atoms with Crippen LogP contribution >= 0.6 is 0 Å². The molecule has 3 aromatic rings. The van der Waals surface area contributed by atoms with Gasteiger partial charge in [0, 0.05) is 62.6 Å². The molecule has 222 valence electrons. The van der Waals surface area contributed by atoms with Crippen LogP contribution in [0.1, 0.15) is 58.4 Å². The summed E-state index contributed by atoms with van der Waals surface area (Å²) >= 11 is 0. The highest BCUT2D eigenvalue weighted by Gasteiger charge is 2.36. The van der Waals surface area contributed by atoms with Gasteiger partial charge in [-0.05, 0) is 73.3 Å². The molecule has 3 aromatic carbocycles. The van der Waals surface area contributed by atoms with Crippen molar-refractivity contribution >= 4 is 11.6 Å². The van der Waals surface area contributed by atoms with Crippen LogP contribution in [0, 0.1) is 0 Å². The highest BCUT2D eigenvalue weighted by atomic mass is 16.5. The van der Waals surface area contributed by atoms with Crippen molar-refractivity contribution in [2.24, 2.45) is 0 Å². The third-order valence-corrected chi connectivity index (χ3v) is 9.46. The first kappa shape index (κ1) is 28.6. The highest BCUT2D eigenvalue weighted by molar-refractivity contribution is 6.00. The summed E-state index contributed by atoms with van der Waals surface area (Å²) in [5, 5.41) is 0. The van der Waals surface area contributed by atoms with Crippen molar-refractivity contribution in [2.45, 2.75) is 45.3 Å². The van der Waals surface area contributed by atoms with Gasteiger partial charge in [-0.1, -0.05) is 43.3 Å². The summed E-state index contributed by atoms with van der Waals surface area (Å²) < 4.78 is 11.2. The average Bonchev–Trinajstić information content (AvgIpc) is 3.38. The predicted octanol–water partition coefficient (Wildman–Crippen LogP) is 5.38. The molecule has 3 aliphatic heterocycles. The van der Waals surface area contributed by atoms with Crippen molar-refractivity contribution < 1.29 is 14.3 Å². The van der Waals surface area contributed by atoms with Gasteiger partial charge in [0.25, 0.3) is 5.91 Å². The summed E-state index contributed by atoms with van der Waals surface area (Å²) in [5.74, 6) is 1.54.